The van der Waals surface area contributed by atoms with E-state index in [1.54, 1.807) is 0 Å². The molecule has 1 unspecified atom stereocenters. The molecule has 29 heavy (non-hydrogen) atoms. The van der Waals surface area contributed by atoms with Crippen LogP contribution in [0.15, 0.2) is 46.2 Å². The van der Waals surface area contributed by atoms with E-state index in [-0.39, 0.29) is 24.1 Å². The summed E-state index contributed by atoms with van der Waals surface area (Å²) in [6.07, 6.45) is 0.941. The molecule has 0 bridgehead atoms. The minimum absolute atomic E-state index is 0.0825. The monoisotopic (exact) mass is 431 g/mol. The number of carbonyl (C=O) groups excluding carboxylic acids is 1. The average Bonchev–Trinajstić information content (AvgIpc) is 2.65. The zero-order valence-electron chi connectivity index (χ0n) is 17.4. The first-order valence-electron chi connectivity index (χ1n) is 9.74. The second-order valence-corrected chi connectivity index (χ2v) is 9.39. The molecule has 0 aromatic heterocycles. The Morgan fingerprint density at radius 1 is 1.10 bits per heavy atom. The smallest absolute Gasteiger partial charge is 0.305 e. The Bertz CT molecular complexity index is 840. The average molecular weight is 432 g/mol. The van der Waals surface area contributed by atoms with E-state index in [9.17, 15) is 9.59 Å². The first-order chi connectivity index (χ1) is 13.7. The Morgan fingerprint density at radius 2 is 1.69 bits per heavy atom. The number of carboxylic acids is 1. The molecule has 1 amide bonds. The Labute approximate surface area is 182 Å². The lowest BCUT2D eigenvalue weighted by Crippen LogP contribution is -2.25. The minimum Gasteiger partial charge on any atom is -0.481 e. The molecule has 0 saturated carbocycles. The number of aryl methyl sites for hydroxylation is 2. The van der Waals surface area contributed by atoms with E-state index < -0.39 is 5.97 Å². The van der Waals surface area contributed by atoms with Crippen LogP contribution in [0.4, 0.5) is 0 Å². The van der Waals surface area contributed by atoms with Gasteiger partial charge in [0.2, 0.25) is 0 Å². The van der Waals surface area contributed by atoms with Gasteiger partial charge in [-0.15, -0.1) is 24.4 Å². The largest absolute Gasteiger partial charge is 0.481 e. The van der Waals surface area contributed by atoms with E-state index in [2.05, 4.69) is 57.8 Å². The Kier molecular flexibility index (Phi) is 8.65. The standard InChI is InChI=1S/C23H29NO3S2/c1-14(2)11-20(29-19-12-15(3)22(28)16(4)13-19)17-5-7-18(8-6-17)23(27)24-10-9-21(25)26/h5-8,12-14,20,28H,9-11H2,1-4H3,(H,24,27)(H,25,26). The zero-order valence-corrected chi connectivity index (χ0v) is 19.1. The number of aliphatic carboxylic acids is 1. The van der Waals surface area contributed by atoms with Gasteiger partial charge in [0.25, 0.3) is 5.91 Å². The molecule has 2 N–H and O–H groups in total. The van der Waals surface area contributed by atoms with E-state index in [1.165, 1.54) is 21.6 Å². The van der Waals surface area contributed by atoms with Crippen molar-refractivity contribution < 1.29 is 14.7 Å². The van der Waals surface area contributed by atoms with Gasteiger partial charge >= 0.3 is 5.97 Å². The van der Waals surface area contributed by atoms with Crippen LogP contribution in [0.1, 0.15) is 59.0 Å². The maximum absolute atomic E-state index is 12.2. The van der Waals surface area contributed by atoms with Gasteiger partial charge in [0.05, 0.1) is 6.42 Å². The summed E-state index contributed by atoms with van der Waals surface area (Å²) in [5.41, 5.74) is 4.06. The molecular weight excluding hydrogens is 402 g/mol. The van der Waals surface area contributed by atoms with Gasteiger partial charge in [0, 0.05) is 27.1 Å². The molecule has 0 radical (unpaired) electrons. The maximum Gasteiger partial charge on any atom is 0.305 e. The molecule has 0 fully saturated rings. The lowest BCUT2D eigenvalue weighted by atomic mass is 10.0. The van der Waals surface area contributed by atoms with Gasteiger partial charge in [0.1, 0.15) is 0 Å². The maximum atomic E-state index is 12.2. The summed E-state index contributed by atoms with van der Waals surface area (Å²) >= 11 is 6.40. The third kappa shape index (κ3) is 7.12. The van der Waals surface area contributed by atoms with E-state index in [0.29, 0.717) is 11.5 Å². The highest BCUT2D eigenvalue weighted by molar-refractivity contribution is 7.99. The number of thioether (sulfide) groups is 1. The molecule has 0 saturated heterocycles. The van der Waals surface area contributed by atoms with Crippen LogP contribution in [-0.2, 0) is 4.79 Å². The number of hydrogen-bond acceptors (Lipinski definition) is 4. The second kappa shape index (κ2) is 10.7. The van der Waals surface area contributed by atoms with Crippen LogP contribution in [0.25, 0.3) is 0 Å². The number of carbonyl (C=O) groups is 2. The number of amides is 1. The lowest BCUT2D eigenvalue weighted by molar-refractivity contribution is -0.136. The Hall–Kier alpha value is -1.92. The van der Waals surface area contributed by atoms with E-state index in [0.717, 1.165) is 11.3 Å². The van der Waals surface area contributed by atoms with Crippen LogP contribution >= 0.6 is 24.4 Å². The summed E-state index contributed by atoms with van der Waals surface area (Å²) in [6.45, 7) is 8.71. The van der Waals surface area contributed by atoms with Crippen LogP contribution < -0.4 is 5.32 Å². The molecule has 2 aromatic rings. The Balaban J connectivity index is 2.16. The van der Waals surface area contributed by atoms with Crippen molar-refractivity contribution in [2.75, 3.05) is 6.54 Å². The third-order valence-electron chi connectivity index (χ3n) is 4.60. The van der Waals surface area contributed by atoms with Crippen molar-refractivity contribution in [1.29, 1.82) is 0 Å². The summed E-state index contributed by atoms with van der Waals surface area (Å²) in [5.74, 6) is -0.634. The number of nitrogens with one attached hydrogen (secondary N) is 1. The molecule has 2 aromatic carbocycles. The molecule has 1 atom stereocenters. The van der Waals surface area contributed by atoms with Crippen molar-refractivity contribution in [3.8, 4) is 0 Å². The molecule has 2 rings (SSSR count). The van der Waals surface area contributed by atoms with Crippen LogP contribution in [0.3, 0.4) is 0 Å². The van der Waals surface area contributed by atoms with Crippen molar-refractivity contribution in [2.45, 2.75) is 55.6 Å². The van der Waals surface area contributed by atoms with E-state index in [4.69, 9.17) is 5.11 Å². The van der Waals surface area contributed by atoms with Crippen LogP contribution in [0.5, 0.6) is 0 Å². The lowest BCUT2D eigenvalue weighted by Gasteiger charge is -2.20. The van der Waals surface area contributed by atoms with Gasteiger partial charge in [0.15, 0.2) is 0 Å². The fourth-order valence-electron chi connectivity index (χ4n) is 3.06. The van der Waals surface area contributed by atoms with Crippen LogP contribution in [0.2, 0.25) is 0 Å². The van der Waals surface area contributed by atoms with Crippen molar-refractivity contribution >= 4 is 36.3 Å². The number of carboxylic acid groups (broad SMARTS) is 1. The minimum atomic E-state index is -0.925. The number of thiol groups is 1. The first kappa shape index (κ1) is 23.4. The first-order valence-corrected chi connectivity index (χ1v) is 11.1. The van der Waals surface area contributed by atoms with Gasteiger partial charge in [-0.25, -0.2) is 0 Å². The highest BCUT2D eigenvalue weighted by atomic mass is 32.2. The molecule has 4 nitrogen and oxygen atoms in total. The Morgan fingerprint density at radius 3 is 2.21 bits per heavy atom. The molecule has 0 aliphatic heterocycles. The predicted octanol–water partition coefficient (Wildman–Crippen LogP) is 5.68. The normalized spacial score (nSPS) is 12.1. The van der Waals surface area contributed by atoms with Crippen molar-refractivity contribution in [3.63, 3.8) is 0 Å². The third-order valence-corrected chi connectivity index (χ3v) is 6.56. The fraction of sp³-hybridized carbons (Fsp3) is 0.391. The molecule has 156 valence electrons. The van der Waals surface area contributed by atoms with Gasteiger partial charge < -0.3 is 10.4 Å². The van der Waals surface area contributed by atoms with Gasteiger partial charge in [-0.2, -0.15) is 0 Å². The molecule has 0 heterocycles. The SMILES string of the molecule is Cc1cc(SC(CC(C)C)c2ccc(C(=O)NCCC(=O)O)cc2)cc(C)c1S. The van der Waals surface area contributed by atoms with Crippen LogP contribution in [-0.4, -0.2) is 23.5 Å². The predicted molar refractivity (Wildman–Crippen MR) is 122 cm³/mol. The summed E-state index contributed by atoms with van der Waals surface area (Å²) in [7, 11) is 0. The fourth-order valence-corrected chi connectivity index (χ4v) is 4.78. The molecule has 0 aliphatic rings. The molecular formula is C23H29NO3S2. The summed E-state index contributed by atoms with van der Waals surface area (Å²) in [5, 5.41) is 11.6. The van der Waals surface area contributed by atoms with Crippen molar-refractivity contribution in [2.24, 2.45) is 5.92 Å². The van der Waals surface area contributed by atoms with Crippen molar-refractivity contribution in [1.82, 2.24) is 5.32 Å². The molecule has 0 aliphatic carbocycles. The molecule has 6 heteroatoms. The highest BCUT2D eigenvalue weighted by Gasteiger charge is 2.17. The second-order valence-electron chi connectivity index (χ2n) is 7.66. The number of hydrogen-bond donors (Lipinski definition) is 3. The van der Waals surface area contributed by atoms with E-state index >= 15 is 0 Å². The topological polar surface area (TPSA) is 66.4 Å². The number of benzene rings is 2. The quantitative estimate of drug-likeness (QED) is 0.353. The highest BCUT2D eigenvalue weighted by Crippen LogP contribution is 2.41. The zero-order chi connectivity index (χ0) is 21.6. The van der Waals surface area contributed by atoms with Gasteiger partial charge in [-0.1, -0.05) is 26.0 Å². The number of rotatable bonds is 9. The van der Waals surface area contributed by atoms with Crippen LogP contribution in [0, 0.1) is 19.8 Å². The van der Waals surface area contributed by atoms with Gasteiger partial charge in [-0.3, -0.25) is 9.59 Å². The summed E-state index contributed by atoms with van der Waals surface area (Å²) in [4.78, 5) is 25.0. The summed E-state index contributed by atoms with van der Waals surface area (Å²) < 4.78 is 0. The molecule has 0 spiro atoms. The summed E-state index contributed by atoms with van der Waals surface area (Å²) in [6, 6.07) is 12.0. The van der Waals surface area contributed by atoms with Crippen molar-refractivity contribution in [3.05, 3.63) is 58.7 Å². The van der Waals surface area contributed by atoms with Gasteiger partial charge in [-0.05, 0) is 67.1 Å². The van der Waals surface area contributed by atoms with E-state index in [1.807, 2.05) is 36.0 Å².